The van der Waals surface area contributed by atoms with Gasteiger partial charge in [-0.05, 0) is 0 Å². The maximum Gasteiger partial charge on any atom is 0.445 e. The van der Waals surface area contributed by atoms with E-state index >= 15 is 0 Å². The molecule has 16 heteroatoms. The predicted octanol–water partition coefficient (Wildman–Crippen LogP) is 4.33. The number of halogens is 13. The molecule has 0 aromatic rings. The monoisotopic (exact) mass is 391 g/mol. The fourth-order valence-corrected chi connectivity index (χ4v) is 1.26. The van der Waals surface area contributed by atoms with Crippen LogP contribution in [-0.4, -0.2) is 42.0 Å². The smallest absolute Gasteiger partial charge is 0.445 e. The molecule has 3 nitrogen and oxygen atoms in total. The van der Waals surface area contributed by atoms with Crippen LogP contribution in [0, 0.1) is 0 Å². The van der Waals surface area contributed by atoms with Crippen LogP contribution >= 0.6 is 0 Å². The van der Waals surface area contributed by atoms with Gasteiger partial charge in [0.25, 0.3) is 5.95 Å². The Labute approximate surface area is 122 Å². The number of morpholine rings is 1. The van der Waals surface area contributed by atoms with E-state index in [2.05, 4.69) is 4.74 Å². The molecule has 24 heavy (non-hydrogen) atoms. The molecule has 0 atom stereocenters. The van der Waals surface area contributed by atoms with Gasteiger partial charge in [-0.2, -0.15) is 57.1 Å². The minimum Gasteiger partial charge on any atom is -0.458 e. The Balaban J connectivity index is 3.38. The van der Waals surface area contributed by atoms with Crippen LogP contribution in [0.15, 0.2) is 12.0 Å². The highest BCUT2D eigenvalue weighted by Crippen LogP contribution is 2.57. The normalized spacial score (nSPS) is 26.0. The molecule has 0 saturated carbocycles. The number of hydrogen-bond donors (Lipinski definition) is 0. The molecule has 0 spiro atoms. The van der Waals surface area contributed by atoms with Crippen molar-refractivity contribution in [2.75, 3.05) is 6.61 Å². The molecule has 0 aromatic carbocycles. The Bertz CT molecular complexity index is 499. The zero-order valence-electron chi connectivity index (χ0n) is 10.4. The quantitative estimate of drug-likeness (QED) is 0.406. The summed E-state index contributed by atoms with van der Waals surface area (Å²) < 4.78 is 169. The van der Waals surface area contributed by atoms with Crippen molar-refractivity contribution in [2.24, 2.45) is 0 Å². The van der Waals surface area contributed by atoms with Crippen molar-refractivity contribution in [1.29, 1.82) is 0 Å². The average molecular weight is 391 g/mol. The lowest BCUT2D eigenvalue weighted by Crippen LogP contribution is -2.73. The summed E-state index contributed by atoms with van der Waals surface area (Å²) in [5.41, 5.74) is 0. The fourth-order valence-electron chi connectivity index (χ4n) is 1.26. The van der Waals surface area contributed by atoms with Crippen molar-refractivity contribution in [3.05, 3.63) is 12.0 Å². The molecule has 1 saturated heterocycles. The summed E-state index contributed by atoms with van der Waals surface area (Å²) in [4.78, 5) is -3.06. The van der Waals surface area contributed by atoms with Gasteiger partial charge in [0, 0.05) is 0 Å². The predicted molar refractivity (Wildman–Crippen MR) is 44.0 cm³/mol. The Hall–Kier alpha value is -1.61. The van der Waals surface area contributed by atoms with E-state index in [0.29, 0.717) is 0 Å². The van der Waals surface area contributed by atoms with Gasteiger partial charge in [0.2, 0.25) is 0 Å². The zero-order chi connectivity index (χ0) is 19.4. The maximum atomic E-state index is 13.2. The molecule has 0 amide bonds. The van der Waals surface area contributed by atoms with Gasteiger partial charge in [-0.25, -0.2) is 9.64 Å². The molecule has 1 aliphatic rings. The van der Waals surface area contributed by atoms with Crippen molar-refractivity contribution < 1.29 is 66.5 Å². The number of ether oxygens (including phenoxy) is 2. The largest absolute Gasteiger partial charge is 0.458 e. The van der Waals surface area contributed by atoms with Crippen LogP contribution in [0.2, 0.25) is 0 Å². The molecule has 0 radical (unpaired) electrons. The van der Waals surface area contributed by atoms with Crippen molar-refractivity contribution >= 4 is 0 Å². The van der Waals surface area contributed by atoms with E-state index in [9.17, 15) is 57.1 Å². The Morgan fingerprint density at radius 1 is 0.833 bits per heavy atom. The van der Waals surface area contributed by atoms with E-state index in [0.717, 1.165) is 0 Å². The minimum atomic E-state index is -6.62. The van der Waals surface area contributed by atoms with Crippen LogP contribution < -0.4 is 0 Å². The van der Waals surface area contributed by atoms with E-state index in [4.69, 9.17) is 0 Å². The first-order valence-corrected chi connectivity index (χ1v) is 5.13. The zero-order valence-corrected chi connectivity index (χ0v) is 10.4. The van der Waals surface area contributed by atoms with E-state index in [1.165, 1.54) is 0 Å². The summed E-state index contributed by atoms with van der Waals surface area (Å²) in [6.45, 7) is -2.76. The summed E-state index contributed by atoms with van der Waals surface area (Å²) in [6.07, 6.45) is -18.4. The standard InChI is InChI=1S/C8H2F13NO2/c9-2(3(10)23-1-4(11,12)13)22-5(14,15)7(18,19)24-8(20,21)6(22,16)17/h1H2/b3-2+. The first-order chi connectivity index (χ1) is 10.4. The third-order valence-corrected chi connectivity index (χ3v) is 2.24. The van der Waals surface area contributed by atoms with Gasteiger partial charge in [0.15, 0.2) is 6.61 Å². The van der Waals surface area contributed by atoms with Crippen molar-refractivity contribution in [1.82, 2.24) is 4.90 Å². The van der Waals surface area contributed by atoms with E-state index < -0.39 is 54.0 Å². The molecule has 0 aromatic heterocycles. The van der Waals surface area contributed by atoms with Gasteiger partial charge in [-0.1, -0.05) is 0 Å². The SMILES string of the molecule is F/C(OCC(F)(F)F)=C(/F)N1C(F)(F)C(F)(F)OC(F)(F)C1(F)F. The molecular weight excluding hydrogens is 389 g/mol. The van der Waals surface area contributed by atoms with Crippen LogP contribution in [0.4, 0.5) is 57.1 Å². The van der Waals surface area contributed by atoms with Crippen molar-refractivity contribution in [3.63, 3.8) is 0 Å². The average Bonchev–Trinajstić information content (AvgIpc) is 2.31. The number of alkyl halides is 11. The Kier molecular flexibility index (Phi) is 4.64. The highest BCUT2D eigenvalue weighted by atomic mass is 19.4. The molecule has 1 aliphatic heterocycles. The Morgan fingerprint density at radius 3 is 1.54 bits per heavy atom. The molecule has 0 bridgehead atoms. The van der Waals surface area contributed by atoms with Crippen LogP contribution in [0.1, 0.15) is 0 Å². The Morgan fingerprint density at radius 2 is 1.21 bits per heavy atom. The highest BCUT2D eigenvalue weighted by Gasteiger charge is 2.84. The van der Waals surface area contributed by atoms with Crippen LogP contribution in [0.5, 0.6) is 0 Å². The summed E-state index contributed by atoms with van der Waals surface area (Å²) in [5, 5.41) is 0. The van der Waals surface area contributed by atoms with Gasteiger partial charge in [0.1, 0.15) is 0 Å². The number of hydrogen-bond acceptors (Lipinski definition) is 3. The van der Waals surface area contributed by atoms with E-state index in [-0.39, 0.29) is 0 Å². The molecule has 142 valence electrons. The van der Waals surface area contributed by atoms with Crippen molar-refractivity contribution in [2.45, 2.75) is 30.5 Å². The lowest BCUT2D eigenvalue weighted by Gasteiger charge is -2.46. The third-order valence-electron chi connectivity index (χ3n) is 2.24. The summed E-state index contributed by atoms with van der Waals surface area (Å²) >= 11 is 0. The molecule has 0 N–H and O–H groups in total. The molecular formula is C8H2F13NO2. The topological polar surface area (TPSA) is 21.7 Å². The molecule has 1 fully saturated rings. The second kappa shape index (κ2) is 5.45. The summed E-state index contributed by atoms with van der Waals surface area (Å²) in [6, 6.07) is -16.8. The lowest BCUT2D eigenvalue weighted by atomic mass is 10.3. The summed E-state index contributed by atoms with van der Waals surface area (Å²) in [5.74, 6) is -3.93. The van der Waals surface area contributed by atoms with Crippen LogP contribution in [0.3, 0.4) is 0 Å². The number of rotatable bonds is 3. The molecule has 1 heterocycles. The van der Waals surface area contributed by atoms with Crippen LogP contribution in [0.25, 0.3) is 0 Å². The second-order valence-corrected chi connectivity index (χ2v) is 4.02. The van der Waals surface area contributed by atoms with Gasteiger partial charge >= 0.3 is 36.5 Å². The molecule has 0 aliphatic carbocycles. The van der Waals surface area contributed by atoms with E-state index in [1.54, 1.807) is 0 Å². The first kappa shape index (κ1) is 20.4. The lowest BCUT2D eigenvalue weighted by molar-refractivity contribution is -0.559. The number of nitrogens with zero attached hydrogens (tertiary/aromatic N) is 1. The third kappa shape index (κ3) is 3.27. The first-order valence-electron chi connectivity index (χ1n) is 5.13. The summed E-state index contributed by atoms with van der Waals surface area (Å²) in [7, 11) is 0. The van der Waals surface area contributed by atoms with Crippen LogP contribution in [-0.2, 0) is 9.47 Å². The van der Waals surface area contributed by atoms with Gasteiger partial charge in [-0.3, -0.25) is 0 Å². The van der Waals surface area contributed by atoms with Crippen molar-refractivity contribution in [3.8, 4) is 0 Å². The fraction of sp³-hybridized carbons (Fsp3) is 0.750. The molecule has 1 rings (SSSR count). The molecule has 0 unspecified atom stereocenters. The second-order valence-electron chi connectivity index (χ2n) is 4.02. The van der Waals surface area contributed by atoms with E-state index in [1.807, 2.05) is 4.74 Å². The van der Waals surface area contributed by atoms with Gasteiger partial charge in [-0.15, -0.1) is 0 Å². The van der Waals surface area contributed by atoms with Gasteiger partial charge < -0.3 is 4.74 Å². The maximum absolute atomic E-state index is 13.2. The minimum absolute atomic E-state index is 1.93. The van der Waals surface area contributed by atoms with Gasteiger partial charge in [0.05, 0.1) is 0 Å². The highest BCUT2D eigenvalue weighted by molar-refractivity contribution is 5.06.